The average molecular weight is 363 g/mol. The number of pyridine rings is 1. The van der Waals surface area contributed by atoms with Gasteiger partial charge in [-0.1, -0.05) is 30.0 Å². The van der Waals surface area contributed by atoms with Gasteiger partial charge in [0.15, 0.2) is 5.75 Å². The zero-order valence-electron chi connectivity index (χ0n) is 15.4. The Morgan fingerprint density at radius 2 is 1.59 bits per heavy atom. The summed E-state index contributed by atoms with van der Waals surface area (Å²) in [6, 6.07) is 16.8. The van der Waals surface area contributed by atoms with Crippen molar-refractivity contribution >= 4 is 10.9 Å². The lowest BCUT2D eigenvalue weighted by atomic mass is 10.2. The number of rotatable bonds is 6. The molecule has 0 atom stereocenters. The third kappa shape index (κ3) is 4.42. The Labute approximate surface area is 158 Å². The van der Waals surface area contributed by atoms with Gasteiger partial charge in [-0.05, 0) is 43.3 Å². The molecule has 0 radical (unpaired) electrons. The largest absolute Gasteiger partial charge is 0.497 e. The Morgan fingerprint density at radius 3 is 2.30 bits per heavy atom. The van der Waals surface area contributed by atoms with Crippen molar-refractivity contribution in [2.45, 2.75) is 13.5 Å². The monoisotopic (exact) mass is 363 g/mol. The van der Waals surface area contributed by atoms with E-state index in [0.717, 1.165) is 16.7 Å². The van der Waals surface area contributed by atoms with Crippen LogP contribution in [0.3, 0.4) is 0 Å². The molecule has 5 heteroatoms. The van der Waals surface area contributed by atoms with Crippen LogP contribution in [0.2, 0.25) is 0 Å². The molecule has 0 fully saturated rings. The SMILES string of the molecule is CCn1c(=O)c(OCC#CCOc2ccc(OC)cc2)cc2ccccc21. The first-order valence-corrected chi connectivity index (χ1v) is 8.71. The normalized spacial score (nSPS) is 10.1. The van der Waals surface area contributed by atoms with E-state index in [1.807, 2.05) is 55.5 Å². The van der Waals surface area contributed by atoms with Crippen molar-refractivity contribution in [2.75, 3.05) is 20.3 Å². The number of hydrogen-bond acceptors (Lipinski definition) is 4. The maximum Gasteiger partial charge on any atom is 0.293 e. The molecule has 0 amide bonds. The summed E-state index contributed by atoms with van der Waals surface area (Å²) in [6.45, 7) is 2.89. The Bertz CT molecular complexity index is 1030. The Balaban J connectivity index is 1.60. The zero-order chi connectivity index (χ0) is 19.1. The molecule has 0 bridgehead atoms. The van der Waals surface area contributed by atoms with Crippen molar-refractivity contribution in [3.05, 3.63) is 65.0 Å². The van der Waals surface area contributed by atoms with Crippen LogP contribution >= 0.6 is 0 Å². The maximum atomic E-state index is 12.5. The van der Waals surface area contributed by atoms with Crippen molar-refractivity contribution in [3.8, 4) is 29.1 Å². The number of methoxy groups -OCH3 is 1. The first kappa shape index (κ1) is 18.4. The third-order valence-electron chi connectivity index (χ3n) is 4.08. The molecule has 0 aliphatic carbocycles. The van der Waals surface area contributed by atoms with Gasteiger partial charge in [-0.3, -0.25) is 4.79 Å². The summed E-state index contributed by atoms with van der Waals surface area (Å²) in [5.41, 5.74) is 0.754. The van der Waals surface area contributed by atoms with E-state index in [0.29, 0.717) is 18.0 Å². The van der Waals surface area contributed by atoms with E-state index in [-0.39, 0.29) is 18.8 Å². The van der Waals surface area contributed by atoms with Gasteiger partial charge in [0, 0.05) is 11.9 Å². The highest BCUT2D eigenvalue weighted by molar-refractivity contribution is 5.80. The van der Waals surface area contributed by atoms with Gasteiger partial charge >= 0.3 is 0 Å². The Hall–Kier alpha value is -3.39. The lowest BCUT2D eigenvalue weighted by molar-refractivity contribution is 0.357. The number of para-hydroxylation sites is 1. The molecule has 1 aromatic heterocycles. The predicted octanol–water partition coefficient (Wildman–Crippen LogP) is 3.49. The predicted molar refractivity (Wildman–Crippen MR) is 106 cm³/mol. The van der Waals surface area contributed by atoms with E-state index in [9.17, 15) is 4.79 Å². The van der Waals surface area contributed by atoms with Crippen LogP contribution in [-0.2, 0) is 6.54 Å². The van der Waals surface area contributed by atoms with Crippen LogP contribution in [0.1, 0.15) is 6.92 Å². The van der Waals surface area contributed by atoms with Crippen molar-refractivity contribution in [1.82, 2.24) is 4.57 Å². The van der Waals surface area contributed by atoms with Gasteiger partial charge in [0.05, 0.1) is 12.6 Å². The number of fused-ring (bicyclic) bond motifs is 1. The van der Waals surface area contributed by atoms with Crippen LogP contribution in [-0.4, -0.2) is 24.9 Å². The van der Waals surface area contributed by atoms with E-state index in [1.54, 1.807) is 17.7 Å². The minimum atomic E-state index is -0.146. The van der Waals surface area contributed by atoms with Gasteiger partial charge in [-0.15, -0.1) is 0 Å². The fraction of sp³-hybridized carbons (Fsp3) is 0.227. The van der Waals surface area contributed by atoms with Crippen LogP contribution in [0.25, 0.3) is 10.9 Å². The molecule has 138 valence electrons. The highest BCUT2D eigenvalue weighted by atomic mass is 16.5. The molecule has 0 N–H and O–H groups in total. The van der Waals surface area contributed by atoms with Gasteiger partial charge in [0.2, 0.25) is 0 Å². The van der Waals surface area contributed by atoms with Crippen LogP contribution in [0.5, 0.6) is 17.2 Å². The molecule has 0 saturated heterocycles. The molecular weight excluding hydrogens is 342 g/mol. The summed E-state index contributed by atoms with van der Waals surface area (Å²) in [7, 11) is 1.62. The topological polar surface area (TPSA) is 49.7 Å². The lowest BCUT2D eigenvalue weighted by Crippen LogP contribution is -2.21. The van der Waals surface area contributed by atoms with E-state index in [1.165, 1.54) is 0 Å². The van der Waals surface area contributed by atoms with E-state index in [4.69, 9.17) is 14.2 Å². The van der Waals surface area contributed by atoms with Crippen LogP contribution in [0, 0.1) is 11.8 Å². The molecule has 0 unspecified atom stereocenters. The number of ether oxygens (including phenoxy) is 3. The molecule has 0 aliphatic rings. The summed E-state index contributed by atoms with van der Waals surface area (Å²) in [6.07, 6.45) is 0. The van der Waals surface area contributed by atoms with Crippen molar-refractivity contribution in [3.63, 3.8) is 0 Å². The number of benzene rings is 2. The van der Waals surface area contributed by atoms with Crippen molar-refractivity contribution in [1.29, 1.82) is 0 Å². The number of hydrogen-bond donors (Lipinski definition) is 0. The highest BCUT2D eigenvalue weighted by Crippen LogP contribution is 2.17. The van der Waals surface area contributed by atoms with Crippen LogP contribution in [0.15, 0.2) is 59.4 Å². The minimum Gasteiger partial charge on any atom is -0.497 e. The second kappa shape index (κ2) is 8.81. The van der Waals surface area contributed by atoms with Gasteiger partial charge in [0.25, 0.3) is 5.56 Å². The first-order valence-electron chi connectivity index (χ1n) is 8.71. The highest BCUT2D eigenvalue weighted by Gasteiger charge is 2.08. The smallest absolute Gasteiger partial charge is 0.293 e. The van der Waals surface area contributed by atoms with Gasteiger partial charge in [-0.25, -0.2) is 0 Å². The standard InChI is InChI=1S/C22H21NO4/c1-3-23-20-9-5-4-8-17(20)16-21(22(23)24)27-15-7-6-14-26-19-12-10-18(25-2)11-13-19/h4-5,8-13,16H,3,14-15H2,1-2H3. The van der Waals surface area contributed by atoms with Gasteiger partial charge < -0.3 is 18.8 Å². The minimum absolute atomic E-state index is 0.128. The first-order chi connectivity index (χ1) is 13.2. The van der Waals surface area contributed by atoms with E-state index < -0.39 is 0 Å². The maximum absolute atomic E-state index is 12.5. The molecule has 0 saturated carbocycles. The fourth-order valence-corrected chi connectivity index (χ4v) is 2.73. The fourth-order valence-electron chi connectivity index (χ4n) is 2.73. The molecule has 0 spiro atoms. The van der Waals surface area contributed by atoms with Gasteiger partial charge in [0.1, 0.15) is 24.7 Å². The van der Waals surface area contributed by atoms with Crippen molar-refractivity contribution in [2.24, 2.45) is 0 Å². The third-order valence-corrected chi connectivity index (χ3v) is 4.08. The summed E-state index contributed by atoms with van der Waals surface area (Å²) in [5, 5.41) is 0.963. The molecule has 1 heterocycles. The summed E-state index contributed by atoms with van der Waals surface area (Å²) in [4.78, 5) is 12.5. The number of aromatic nitrogens is 1. The van der Waals surface area contributed by atoms with Crippen molar-refractivity contribution < 1.29 is 14.2 Å². The molecule has 3 rings (SSSR count). The van der Waals surface area contributed by atoms with Gasteiger partial charge in [-0.2, -0.15) is 0 Å². The molecule has 3 aromatic rings. The van der Waals surface area contributed by atoms with E-state index >= 15 is 0 Å². The quantitative estimate of drug-likeness (QED) is 0.629. The summed E-state index contributed by atoms with van der Waals surface area (Å²) >= 11 is 0. The summed E-state index contributed by atoms with van der Waals surface area (Å²) < 4.78 is 17.9. The summed E-state index contributed by atoms with van der Waals surface area (Å²) in [5.74, 6) is 7.54. The Morgan fingerprint density at radius 1 is 0.926 bits per heavy atom. The van der Waals surface area contributed by atoms with Crippen LogP contribution < -0.4 is 19.8 Å². The zero-order valence-corrected chi connectivity index (χ0v) is 15.4. The second-order valence-corrected chi connectivity index (χ2v) is 5.72. The number of aryl methyl sites for hydroxylation is 1. The lowest BCUT2D eigenvalue weighted by Gasteiger charge is -2.10. The van der Waals surface area contributed by atoms with E-state index in [2.05, 4.69) is 11.8 Å². The van der Waals surface area contributed by atoms with Crippen LogP contribution in [0.4, 0.5) is 0 Å². The molecule has 5 nitrogen and oxygen atoms in total. The Kier molecular flexibility index (Phi) is 6.01. The molecule has 2 aromatic carbocycles. The number of nitrogens with zero attached hydrogens (tertiary/aromatic N) is 1. The molecule has 0 aliphatic heterocycles. The molecular formula is C22H21NO4. The average Bonchev–Trinajstić information content (AvgIpc) is 2.71. The second-order valence-electron chi connectivity index (χ2n) is 5.72. The molecule has 27 heavy (non-hydrogen) atoms.